The highest BCUT2D eigenvalue weighted by Crippen LogP contribution is 2.53. The maximum Gasteiger partial charge on any atom is 0.137 e. The van der Waals surface area contributed by atoms with Crippen LogP contribution in [0.5, 0.6) is 0 Å². The van der Waals surface area contributed by atoms with E-state index in [2.05, 4.69) is 230 Å². The number of furan rings is 1. The highest BCUT2D eigenvalue weighted by molar-refractivity contribution is 6.22. The Balaban J connectivity index is 1.24. The predicted octanol–water partition coefficient (Wildman–Crippen LogP) is 15.8. The number of anilines is 3. The molecule has 11 aromatic rings. The quantitative estimate of drug-likeness (QED) is 0.168. The van der Waals surface area contributed by atoms with Gasteiger partial charge < -0.3 is 13.9 Å². The lowest BCUT2D eigenvalue weighted by atomic mass is 9.82. The zero-order valence-corrected chi connectivity index (χ0v) is 33.4. The van der Waals surface area contributed by atoms with Crippen LogP contribution in [0, 0.1) is 0 Å². The number of nitrogens with zero attached hydrogens (tertiary/aromatic N) is 2. The summed E-state index contributed by atoms with van der Waals surface area (Å²) in [4.78, 5) is 2.50. The fourth-order valence-corrected chi connectivity index (χ4v) is 10.0. The molecule has 0 radical (unpaired) electrons. The average molecular weight is 769 g/mol. The van der Waals surface area contributed by atoms with Crippen molar-refractivity contribution in [1.82, 2.24) is 4.57 Å². The van der Waals surface area contributed by atoms with Crippen molar-refractivity contribution in [2.24, 2.45) is 0 Å². The number of hydrogen-bond donors (Lipinski definition) is 0. The summed E-state index contributed by atoms with van der Waals surface area (Å²) in [5, 5.41) is 4.56. The minimum atomic E-state index is -0.174. The highest BCUT2D eigenvalue weighted by atomic mass is 16.3. The van der Waals surface area contributed by atoms with E-state index in [1.165, 1.54) is 60.8 Å². The van der Waals surface area contributed by atoms with Crippen LogP contribution in [0.4, 0.5) is 17.1 Å². The van der Waals surface area contributed by atoms with Gasteiger partial charge in [-0.05, 0) is 106 Å². The van der Waals surface area contributed by atoms with Gasteiger partial charge in [-0.3, -0.25) is 0 Å². The van der Waals surface area contributed by atoms with Crippen LogP contribution in [0.2, 0.25) is 0 Å². The number of fused-ring (bicyclic) bond motifs is 9. The summed E-state index contributed by atoms with van der Waals surface area (Å²) in [7, 11) is 0. The molecular formula is C57H40N2O. The summed E-state index contributed by atoms with van der Waals surface area (Å²) in [5.41, 5.74) is 18.3. The molecule has 3 heteroatoms. The molecule has 9 aromatic carbocycles. The fourth-order valence-electron chi connectivity index (χ4n) is 10.0. The van der Waals surface area contributed by atoms with Crippen LogP contribution in [0.25, 0.3) is 82.8 Å². The van der Waals surface area contributed by atoms with Crippen molar-refractivity contribution in [1.29, 1.82) is 0 Å². The van der Waals surface area contributed by atoms with Crippen LogP contribution in [-0.4, -0.2) is 4.57 Å². The molecule has 12 rings (SSSR count). The average Bonchev–Trinajstić information content (AvgIpc) is 3.93. The Kier molecular flexibility index (Phi) is 7.58. The van der Waals surface area contributed by atoms with E-state index in [0.29, 0.717) is 0 Å². The number of benzene rings is 9. The van der Waals surface area contributed by atoms with E-state index in [-0.39, 0.29) is 5.41 Å². The van der Waals surface area contributed by atoms with Gasteiger partial charge in [0.2, 0.25) is 0 Å². The SMILES string of the molecule is CC1(C)c2ccccc2-c2ccc(N(c3cccc4oc5ccccc5c34)c3cccc4c3c3cc(-c5ccccc5)cc(-c5ccccc5)c3n4-c3ccccc3)cc21. The summed E-state index contributed by atoms with van der Waals surface area (Å²) < 4.78 is 9.05. The standard InChI is InChI=1S/C57H40N2O/c1-57(2)47-26-14-12-24-42(47)43-33-32-41(36-48(43)57)58(51-29-17-31-53-55(51)44-25-13-15-30-52(44)60-53)49-27-16-28-50-54(49)46-35-39(37-18-6-3-7-19-37)34-45(38-20-8-4-9-21-38)56(46)59(50)40-22-10-5-11-23-40/h3-36H,1-2H3. The molecule has 3 nitrogen and oxygen atoms in total. The predicted molar refractivity (Wildman–Crippen MR) is 251 cm³/mol. The van der Waals surface area contributed by atoms with Crippen LogP contribution in [0.3, 0.4) is 0 Å². The Morgan fingerprint density at radius 1 is 0.433 bits per heavy atom. The Morgan fingerprint density at radius 3 is 1.87 bits per heavy atom. The third-order valence-corrected chi connectivity index (χ3v) is 12.8. The molecular weight excluding hydrogens is 729 g/mol. The van der Waals surface area contributed by atoms with Crippen molar-refractivity contribution < 1.29 is 4.42 Å². The fraction of sp³-hybridized carbons (Fsp3) is 0.0526. The Labute approximate surface area is 349 Å². The Hall–Kier alpha value is -7.62. The van der Waals surface area contributed by atoms with Crippen molar-refractivity contribution in [2.75, 3.05) is 4.90 Å². The lowest BCUT2D eigenvalue weighted by Gasteiger charge is -2.29. The second-order valence-electron chi connectivity index (χ2n) is 16.5. The minimum absolute atomic E-state index is 0.174. The van der Waals surface area contributed by atoms with Crippen LogP contribution in [0.1, 0.15) is 25.0 Å². The summed E-state index contributed by atoms with van der Waals surface area (Å²) in [6.07, 6.45) is 0. The van der Waals surface area contributed by atoms with Crippen LogP contribution >= 0.6 is 0 Å². The molecule has 0 atom stereocenters. The molecule has 1 aliphatic rings. The molecule has 60 heavy (non-hydrogen) atoms. The van der Waals surface area contributed by atoms with Crippen LogP contribution in [-0.2, 0) is 5.41 Å². The molecule has 1 aliphatic carbocycles. The molecule has 0 saturated carbocycles. The maximum atomic E-state index is 6.58. The van der Waals surface area contributed by atoms with Crippen molar-refractivity contribution in [3.05, 3.63) is 217 Å². The number of rotatable bonds is 6. The topological polar surface area (TPSA) is 21.3 Å². The Bertz CT molecular complexity index is 3450. The van der Waals surface area contributed by atoms with Gasteiger partial charge >= 0.3 is 0 Å². The molecule has 0 fully saturated rings. The molecule has 2 heterocycles. The first-order valence-corrected chi connectivity index (χ1v) is 20.8. The van der Waals surface area contributed by atoms with Gasteiger partial charge in [0, 0.05) is 38.5 Å². The number of hydrogen-bond acceptors (Lipinski definition) is 2. The summed E-state index contributed by atoms with van der Waals surface area (Å²) >= 11 is 0. The van der Waals surface area contributed by atoms with Gasteiger partial charge in [-0.2, -0.15) is 0 Å². The molecule has 284 valence electrons. The lowest BCUT2D eigenvalue weighted by molar-refractivity contribution is 0.660. The largest absolute Gasteiger partial charge is 0.456 e. The molecule has 0 N–H and O–H groups in total. The molecule has 0 unspecified atom stereocenters. The van der Waals surface area contributed by atoms with Crippen molar-refractivity contribution >= 4 is 60.8 Å². The van der Waals surface area contributed by atoms with Crippen LogP contribution in [0.15, 0.2) is 211 Å². The molecule has 0 saturated heterocycles. The molecule has 0 spiro atoms. The van der Waals surface area contributed by atoms with E-state index in [9.17, 15) is 0 Å². The second kappa shape index (κ2) is 13.2. The third kappa shape index (κ3) is 5.09. The molecule has 0 amide bonds. The first-order valence-electron chi connectivity index (χ1n) is 20.8. The number of aromatic nitrogens is 1. The third-order valence-electron chi connectivity index (χ3n) is 12.8. The maximum absolute atomic E-state index is 6.58. The molecule has 2 aromatic heterocycles. The van der Waals surface area contributed by atoms with E-state index in [1.807, 2.05) is 0 Å². The summed E-state index contributed by atoms with van der Waals surface area (Å²) in [5.74, 6) is 0. The van der Waals surface area contributed by atoms with E-state index in [0.717, 1.165) is 50.2 Å². The van der Waals surface area contributed by atoms with E-state index < -0.39 is 0 Å². The van der Waals surface area contributed by atoms with E-state index in [1.54, 1.807) is 0 Å². The minimum Gasteiger partial charge on any atom is -0.456 e. The van der Waals surface area contributed by atoms with Crippen LogP contribution < -0.4 is 4.90 Å². The second-order valence-corrected chi connectivity index (χ2v) is 16.5. The van der Waals surface area contributed by atoms with Gasteiger partial charge in [-0.25, -0.2) is 0 Å². The molecule has 0 aliphatic heterocycles. The van der Waals surface area contributed by atoms with Crippen molar-refractivity contribution in [3.8, 4) is 39.1 Å². The van der Waals surface area contributed by atoms with E-state index in [4.69, 9.17) is 4.42 Å². The first-order chi connectivity index (χ1) is 29.5. The monoisotopic (exact) mass is 768 g/mol. The van der Waals surface area contributed by atoms with Gasteiger partial charge in [0.25, 0.3) is 0 Å². The summed E-state index contributed by atoms with van der Waals surface area (Å²) in [6, 6.07) is 75.0. The zero-order chi connectivity index (χ0) is 40.0. The molecule has 0 bridgehead atoms. The first kappa shape index (κ1) is 34.4. The Morgan fingerprint density at radius 2 is 1.07 bits per heavy atom. The van der Waals surface area contributed by atoms with E-state index >= 15 is 0 Å². The normalized spacial score (nSPS) is 13.0. The van der Waals surface area contributed by atoms with Gasteiger partial charge in [-0.15, -0.1) is 0 Å². The zero-order valence-electron chi connectivity index (χ0n) is 33.4. The number of para-hydroxylation sites is 2. The van der Waals surface area contributed by atoms with Gasteiger partial charge in [0.1, 0.15) is 11.2 Å². The lowest BCUT2D eigenvalue weighted by Crippen LogP contribution is -2.16. The highest BCUT2D eigenvalue weighted by Gasteiger charge is 2.36. The van der Waals surface area contributed by atoms with Crippen molar-refractivity contribution in [3.63, 3.8) is 0 Å². The smallest absolute Gasteiger partial charge is 0.137 e. The van der Waals surface area contributed by atoms with Gasteiger partial charge in [-0.1, -0.05) is 153 Å². The van der Waals surface area contributed by atoms with Crippen molar-refractivity contribution in [2.45, 2.75) is 19.3 Å². The van der Waals surface area contributed by atoms with Gasteiger partial charge in [0.05, 0.1) is 27.8 Å². The summed E-state index contributed by atoms with van der Waals surface area (Å²) in [6.45, 7) is 4.72. The van der Waals surface area contributed by atoms with Gasteiger partial charge in [0.15, 0.2) is 0 Å².